The Bertz CT molecular complexity index is 158. The Morgan fingerprint density at radius 1 is 1.42 bits per heavy atom. The Balaban J connectivity index is 2.39. The summed E-state index contributed by atoms with van der Waals surface area (Å²) in [4.78, 5) is 0. The van der Waals surface area contributed by atoms with E-state index in [1.165, 1.54) is 0 Å². The highest BCUT2D eigenvalue weighted by molar-refractivity contribution is 4.86. The lowest BCUT2D eigenvalue weighted by atomic mass is 9.91. The minimum Gasteiger partial charge on any atom is -0.361 e. The zero-order valence-corrected chi connectivity index (χ0v) is 8.90. The van der Waals surface area contributed by atoms with Crippen LogP contribution in [0.3, 0.4) is 0 Å². The molecular weight excluding hydrogens is 150 g/mol. The number of rotatable bonds is 1. The van der Waals surface area contributed by atoms with Gasteiger partial charge in [0.1, 0.15) is 6.23 Å². The molecular formula is C10H21NO. The monoisotopic (exact) mass is 171 g/mol. The van der Waals surface area contributed by atoms with Crippen LogP contribution in [0.2, 0.25) is 0 Å². The van der Waals surface area contributed by atoms with E-state index in [9.17, 15) is 0 Å². The topological polar surface area (TPSA) is 21.3 Å². The van der Waals surface area contributed by atoms with E-state index in [0.717, 1.165) is 13.0 Å². The minimum atomic E-state index is 0.163. The van der Waals surface area contributed by atoms with Crippen molar-refractivity contribution < 1.29 is 4.74 Å². The molecule has 1 fully saturated rings. The second kappa shape index (κ2) is 3.00. The molecule has 72 valence electrons. The molecule has 0 spiro atoms. The van der Waals surface area contributed by atoms with Gasteiger partial charge in [0.15, 0.2) is 0 Å². The molecule has 12 heavy (non-hydrogen) atoms. The summed E-state index contributed by atoms with van der Waals surface area (Å²) in [6.07, 6.45) is 1.33. The van der Waals surface area contributed by atoms with Crippen LogP contribution >= 0.6 is 0 Å². The summed E-state index contributed by atoms with van der Waals surface area (Å²) < 4.78 is 5.63. The van der Waals surface area contributed by atoms with Crippen LogP contribution in [0, 0.1) is 5.41 Å². The van der Waals surface area contributed by atoms with Gasteiger partial charge in [0.25, 0.3) is 0 Å². The molecule has 0 aromatic heterocycles. The zero-order valence-electron chi connectivity index (χ0n) is 8.90. The fourth-order valence-corrected chi connectivity index (χ4v) is 1.49. The molecule has 1 N–H and O–H groups in total. The third-order valence-corrected chi connectivity index (χ3v) is 1.99. The first-order valence-electron chi connectivity index (χ1n) is 4.68. The van der Waals surface area contributed by atoms with E-state index >= 15 is 0 Å². The quantitative estimate of drug-likeness (QED) is 0.652. The van der Waals surface area contributed by atoms with Crippen LogP contribution in [0.25, 0.3) is 0 Å². The fourth-order valence-electron chi connectivity index (χ4n) is 1.49. The maximum Gasteiger partial charge on any atom is 0.109 e. The van der Waals surface area contributed by atoms with Crippen molar-refractivity contribution in [2.75, 3.05) is 6.61 Å². The second-order valence-electron chi connectivity index (χ2n) is 5.59. The van der Waals surface area contributed by atoms with Crippen LogP contribution in [0.4, 0.5) is 0 Å². The van der Waals surface area contributed by atoms with Crippen molar-refractivity contribution in [3.05, 3.63) is 0 Å². The number of nitrogens with one attached hydrogen (secondary N) is 1. The normalized spacial score (nSPS) is 29.2. The van der Waals surface area contributed by atoms with E-state index in [2.05, 4.69) is 39.9 Å². The summed E-state index contributed by atoms with van der Waals surface area (Å²) >= 11 is 0. The maximum atomic E-state index is 5.63. The molecule has 1 unspecified atom stereocenters. The first-order valence-corrected chi connectivity index (χ1v) is 4.68. The molecule has 1 heterocycles. The van der Waals surface area contributed by atoms with Crippen molar-refractivity contribution >= 4 is 0 Å². The molecule has 1 atom stereocenters. The van der Waals surface area contributed by atoms with Crippen LogP contribution in [0.1, 0.15) is 41.0 Å². The Hall–Kier alpha value is -0.0800. The molecule has 0 saturated carbocycles. The predicted molar refractivity (Wildman–Crippen MR) is 51.0 cm³/mol. The van der Waals surface area contributed by atoms with Gasteiger partial charge in [-0.3, -0.25) is 5.32 Å². The van der Waals surface area contributed by atoms with Gasteiger partial charge >= 0.3 is 0 Å². The van der Waals surface area contributed by atoms with Crippen LogP contribution in [-0.4, -0.2) is 18.4 Å². The summed E-state index contributed by atoms with van der Waals surface area (Å²) in [5.41, 5.74) is 0.508. The van der Waals surface area contributed by atoms with E-state index < -0.39 is 0 Å². The Kier molecular flexibility index (Phi) is 2.50. The van der Waals surface area contributed by atoms with Crippen molar-refractivity contribution in [3.8, 4) is 0 Å². The lowest BCUT2D eigenvalue weighted by molar-refractivity contribution is 0.0649. The van der Waals surface area contributed by atoms with E-state index in [4.69, 9.17) is 4.74 Å². The Morgan fingerprint density at radius 3 is 2.33 bits per heavy atom. The van der Waals surface area contributed by atoms with E-state index in [1.807, 2.05) is 0 Å². The molecule has 1 rings (SSSR count). The van der Waals surface area contributed by atoms with Gasteiger partial charge in [-0.05, 0) is 25.7 Å². The highest BCUT2D eigenvalue weighted by atomic mass is 16.5. The van der Waals surface area contributed by atoms with E-state index in [-0.39, 0.29) is 11.8 Å². The highest BCUT2D eigenvalue weighted by Crippen LogP contribution is 2.25. The molecule has 2 nitrogen and oxygen atoms in total. The highest BCUT2D eigenvalue weighted by Gasteiger charge is 2.32. The SMILES string of the molecule is CC(C)(C)CC1NC(C)(C)CO1. The predicted octanol–water partition coefficient (Wildman–Crippen LogP) is 2.15. The summed E-state index contributed by atoms with van der Waals surface area (Å²) in [5, 5.41) is 3.46. The van der Waals surface area contributed by atoms with Gasteiger partial charge in [-0.1, -0.05) is 20.8 Å². The van der Waals surface area contributed by atoms with Crippen molar-refractivity contribution in [1.82, 2.24) is 5.32 Å². The second-order valence-corrected chi connectivity index (χ2v) is 5.59. The van der Waals surface area contributed by atoms with Crippen LogP contribution in [-0.2, 0) is 4.74 Å². The van der Waals surface area contributed by atoms with Gasteiger partial charge in [0.05, 0.1) is 6.61 Å². The zero-order chi connectivity index (χ0) is 9.41. The smallest absolute Gasteiger partial charge is 0.109 e. The minimum absolute atomic E-state index is 0.163. The molecule has 0 radical (unpaired) electrons. The van der Waals surface area contributed by atoms with Crippen LogP contribution in [0.5, 0.6) is 0 Å². The molecule has 0 aliphatic carbocycles. The van der Waals surface area contributed by atoms with Gasteiger partial charge in [0.2, 0.25) is 0 Å². The summed E-state index contributed by atoms with van der Waals surface area (Å²) in [5.74, 6) is 0. The summed E-state index contributed by atoms with van der Waals surface area (Å²) in [6.45, 7) is 11.9. The van der Waals surface area contributed by atoms with Crippen LogP contribution in [0.15, 0.2) is 0 Å². The molecule has 0 amide bonds. The number of ether oxygens (including phenoxy) is 1. The average molecular weight is 171 g/mol. The molecule has 1 aliphatic heterocycles. The largest absolute Gasteiger partial charge is 0.361 e. The third-order valence-electron chi connectivity index (χ3n) is 1.99. The van der Waals surface area contributed by atoms with E-state index in [0.29, 0.717) is 5.41 Å². The molecule has 0 bridgehead atoms. The summed E-state index contributed by atoms with van der Waals surface area (Å²) in [7, 11) is 0. The fraction of sp³-hybridized carbons (Fsp3) is 1.00. The van der Waals surface area contributed by atoms with Gasteiger partial charge in [-0.15, -0.1) is 0 Å². The molecule has 0 aromatic rings. The standard InChI is InChI=1S/C10H21NO/c1-9(2,3)6-8-11-10(4,5)7-12-8/h8,11H,6-7H2,1-5H3. The lowest BCUT2D eigenvalue weighted by Gasteiger charge is -2.24. The van der Waals surface area contributed by atoms with Gasteiger partial charge in [-0.2, -0.15) is 0 Å². The molecule has 0 aromatic carbocycles. The van der Waals surface area contributed by atoms with Crippen molar-refractivity contribution in [3.63, 3.8) is 0 Å². The molecule has 1 saturated heterocycles. The third kappa shape index (κ3) is 3.11. The van der Waals surface area contributed by atoms with Gasteiger partial charge in [-0.25, -0.2) is 0 Å². The summed E-state index contributed by atoms with van der Waals surface area (Å²) in [6, 6.07) is 0. The number of hydrogen-bond donors (Lipinski definition) is 1. The molecule has 1 aliphatic rings. The molecule has 2 heteroatoms. The van der Waals surface area contributed by atoms with Gasteiger partial charge in [0, 0.05) is 5.54 Å². The van der Waals surface area contributed by atoms with Gasteiger partial charge < -0.3 is 4.74 Å². The Morgan fingerprint density at radius 2 is 2.00 bits per heavy atom. The average Bonchev–Trinajstić information content (AvgIpc) is 2.05. The lowest BCUT2D eigenvalue weighted by Crippen LogP contribution is -2.40. The first kappa shape index (κ1) is 10.0. The number of hydrogen-bond acceptors (Lipinski definition) is 2. The maximum absolute atomic E-state index is 5.63. The van der Waals surface area contributed by atoms with E-state index in [1.54, 1.807) is 0 Å². The Labute approximate surface area is 75.7 Å². The van der Waals surface area contributed by atoms with Crippen LogP contribution < -0.4 is 5.32 Å². The first-order chi connectivity index (χ1) is 5.29. The van der Waals surface area contributed by atoms with Crippen molar-refractivity contribution in [2.24, 2.45) is 5.41 Å². The van der Waals surface area contributed by atoms with Crippen molar-refractivity contribution in [2.45, 2.75) is 52.8 Å². The van der Waals surface area contributed by atoms with Crippen molar-refractivity contribution in [1.29, 1.82) is 0 Å².